The lowest BCUT2D eigenvalue weighted by Crippen LogP contribution is -2.42. The number of hydrogen-bond donors (Lipinski definition) is 3. The Morgan fingerprint density at radius 3 is 2.75 bits per heavy atom. The van der Waals surface area contributed by atoms with Crippen molar-refractivity contribution in [2.24, 2.45) is 5.92 Å². The molecule has 0 spiro atoms. The van der Waals surface area contributed by atoms with Crippen LogP contribution in [0.15, 0.2) is 12.1 Å². The summed E-state index contributed by atoms with van der Waals surface area (Å²) in [6.45, 7) is 0.257. The van der Waals surface area contributed by atoms with Gasteiger partial charge in [0.2, 0.25) is 11.8 Å². The zero-order valence-electron chi connectivity index (χ0n) is 10.3. The lowest BCUT2D eigenvalue weighted by atomic mass is 10.0. The maximum Gasteiger partial charge on any atom is 0.538 e. The van der Waals surface area contributed by atoms with E-state index in [0.29, 0.717) is 11.2 Å². The number of ether oxygens (including phenoxy) is 3. The summed E-state index contributed by atoms with van der Waals surface area (Å²) in [6.07, 6.45) is -1.56. The van der Waals surface area contributed by atoms with Gasteiger partial charge in [0.05, 0.1) is 25.2 Å². The molecule has 0 aliphatic carbocycles. The predicted octanol–water partition coefficient (Wildman–Crippen LogP) is -0.454. The van der Waals surface area contributed by atoms with Crippen LogP contribution in [0.4, 0.5) is 4.79 Å². The van der Waals surface area contributed by atoms with Gasteiger partial charge in [0.1, 0.15) is 0 Å². The molecule has 0 saturated carbocycles. The molecule has 2 aliphatic heterocycles. The molecular weight excluding hydrogens is 274 g/mol. The Morgan fingerprint density at radius 2 is 2.05 bits per heavy atom. The third-order valence-electron chi connectivity index (χ3n) is 3.30. The molecule has 0 unspecified atom stereocenters. The average Bonchev–Trinajstić information content (AvgIpc) is 3.02. The second kappa shape index (κ2) is 4.54. The monoisotopic (exact) mass is 287 g/mol. The van der Waals surface area contributed by atoms with Gasteiger partial charge in [0.25, 0.3) is 0 Å². The molecule has 2 fully saturated rings. The van der Waals surface area contributed by atoms with Gasteiger partial charge in [-0.05, 0) is 6.42 Å². The number of aliphatic hydroxyl groups excluding tert-OH is 1. The molecule has 0 amide bonds. The van der Waals surface area contributed by atoms with Crippen LogP contribution >= 0.6 is 0 Å². The summed E-state index contributed by atoms with van der Waals surface area (Å²) in [6, 6.07) is 2.26. The van der Waals surface area contributed by atoms with E-state index in [1.54, 1.807) is 0 Å². The quantitative estimate of drug-likeness (QED) is 0.625. The van der Waals surface area contributed by atoms with E-state index in [4.69, 9.17) is 14.2 Å². The van der Waals surface area contributed by atoms with E-state index in [0.717, 1.165) is 12.1 Å². The first-order chi connectivity index (χ1) is 9.52. The van der Waals surface area contributed by atoms with Gasteiger partial charge in [-0.15, -0.1) is 4.73 Å². The lowest BCUT2D eigenvalue weighted by Gasteiger charge is -2.25. The zero-order chi connectivity index (χ0) is 14.3. The fourth-order valence-corrected chi connectivity index (χ4v) is 2.35. The molecule has 20 heavy (non-hydrogen) atoms. The van der Waals surface area contributed by atoms with Crippen molar-refractivity contribution in [1.29, 1.82) is 0 Å². The Labute approximate surface area is 112 Å². The van der Waals surface area contributed by atoms with Crippen LogP contribution in [0.1, 0.15) is 6.42 Å². The smallest absolute Gasteiger partial charge is 0.492 e. The molecular formula is C11H13NO8. The van der Waals surface area contributed by atoms with Crippen molar-refractivity contribution in [2.45, 2.75) is 18.5 Å². The first kappa shape index (κ1) is 13.0. The Hall–Kier alpha value is -1.97. The third kappa shape index (κ3) is 1.96. The van der Waals surface area contributed by atoms with Gasteiger partial charge >= 0.3 is 12.1 Å². The fourth-order valence-electron chi connectivity index (χ4n) is 2.35. The minimum Gasteiger partial charge on any atom is -0.492 e. The average molecular weight is 287 g/mol. The Bertz CT molecular complexity index is 509. The maximum absolute atomic E-state index is 11.7. The van der Waals surface area contributed by atoms with Crippen LogP contribution in [0.5, 0.6) is 11.8 Å². The summed E-state index contributed by atoms with van der Waals surface area (Å²) in [7, 11) is 0. The number of aromatic nitrogens is 1. The molecule has 1 aromatic rings. The highest BCUT2D eigenvalue weighted by Crippen LogP contribution is 2.42. The number of aliphatic hydroxyl groups is 1. The van der Waals surface area contributed by atoms with Crippen molar-refractivity contribution in [1.82, 2.24) is 4.73 Å². The molecule has 0 aromatic carbocycles. The third-order valence-corrected chi connectivity index (χ3v) is 3.30. The summed E-state index contributed by atoms with van der Waals surface area (Å²) >= 11 is 0. The van der Waals surface area contributed by atoms with E-state index in [9.17, 15) is 20.1 Å². The number of hydrogen-bond acceptors (Lipinski definition) is 8. The summed E-state index contributed by atoms with van der Waals surface area (Å²) in [4.78, 5) is 16.3. The van der Waals surface area contributed by atoms with E-state index < -0.39 is 35.9 Å². The van der Waals surface area contributed by atoms with E-state index in [1.165, 1.54) is 0 Å². The SMILES string of the molecule is O=C(On1c(O)ccc1O)O[C@@]12OCC[C@H]1[C@@H](O)CO2. The summed E-state index contributed by atoms with van der Waals surface area (Å²) in [5.74, 6) is -3.13. The highest BCUT2D eigenvalue weighted by Gasteiger charge is 2.58. The maximum atomic E-state index is 11.7. The van der Waals surface area contributed by atoms with Gasteiger partial charge in [-0.25, -0.2) is 4.79 Å². The summed E-state index contributed by atoms with van der Waals surface area (Å²) < 4.78 is 15.9. The molecule has 3 heterocycles. The van der Waals surface area contributed by atoms with Crippen LogP contribution in [0, 0.1) is 5.92 Å². The topological polar surface area (TPSA) is 120 Å². The summed E-state index contributed by atoms with van der Waals surface area (Å²) in [5, 5.41) is 28.4. The van der Waals surface area contributed by atoms with Crippen LogP contribution in [0.25, 0.3) is 0 Å². The van der Waals surface area contributed by atoms with Crippen molar-refractivity contribution in [3.8, 4) is 11.8 Å². The van der Waals surface area contributed by atoms with Crippen molar-refractivity contribution in [2.75, 3.05) is 13.2 Å². The van der Waals surface area contributed by atoms with Gasteiger partial charge in [0, 0.05) is 12.1 Å². The van der Waals surface area contributed by atoms with Gasteiger partial charge in [-0.2, -0.15) is 0 Å². The van der Waals surface area contributed by atoms with Crippen molar-refractivity contribution in [3.63, 3.8) is 0 Å². The van der Waals surface area contributed by atoms with E-state index in [-0.39, 0.29) is 13.2 Å². The van der Waals surface area contributed by atoms with E-state index in [2.05, 4.69) is 4.84 Å². The Kier molecular flexibility index (Phi) is 2.96. The lowest BCUT2D eigenvalue weighted by molar-refractivity contribution is -0.332. The molecule has 3 atom stereocenters. The molecule has 110 valence electrons. The minimum absolute atomic E-state index is 0.0159. The molecule has 2 saturated heterocycles. The standard InChI is InChI=1S/C11H13NO8/c13-7-5-18-11(6(7)3-4-17-11)19-10(16)20-12-8(14)1-2-9(12)15/h1-2,6-7,13-15H,3-5H2/t6-,7-,11+/m0/s1. The number of nitrogens with zero attached hydrogens (tertiary/aromatic N) is 1. The minimum atomic E-state index is -1.67. The molecule has 9 nitrogen and oxygen atoms in total. The van der Waals surface area contributed by atoms with Crippen LogP contribution in [-0.4, -0.2) is 51.5 Å². The first-order valence-corrected chi connectivity index (χ1v) is 5.99. The second-order valence-electron chi connectivity index (χ2n) is 4.51. The highest BCUT2D eigenvalue weighted by molar-refractivity contribution is 5.61. The Morgan fingerprint density at radius 1 is 1.35 bits per heavy atom. The predicted molar refractivity (Wildman–Crippen MR) is 59.6 cm³/mol. The molecule has 9 heteroatoms. The highest BCUT2D eigenvalue weighted by atomic mass is 16.9. The van der Waals surface area contributed by atoms with Crippen LogP contribution in [0.3, 0.4) is 0 Å². The van der Waals surface area contributed by atoms with Crippen LogP contribution in [-0.2, 0) is 14.2 Å². The van der Waals surface area contributed by atoms with Crippen LogP contribution < -0.4 is 4.84 Å². The zero-order valence-corrected chi connectivity index (χ0v) is 10.3. The molecule has 2 aliphatic rings. The normalized spacial score (nSPS) is 32.0. The van der Waals surface area contributed by atoms with E-state index >= 15 is 0 Å². The number of aromatic hydroxyl groups is 2. The van der Waals surface area contributed by atoms with Gasteiger partial charge in [0.15, 0.2) is 0 Å². The van der Waals surface area contributed by atoms with Crippen molar-refractivity contribution >= 4 is 6.16 Å². The van der Waals surface area contributed by atoms with E-state index in [1.807, 2.05) is 0 Å². The fraction of sp³-hybridized carbons (Fsp3) is 0.545. The first-order valence-electron chi connectivity index (χ1n) is 5.99. The second-order valence-corrected chi connectivity index (χ2v) is 4.51. The molecule has 3 N–H and O–H groups in total. The van der Waals surface area contributed by atoms with Gasteiger partial charge in [-0.3, -0.25) is 4.84 Å². The number of carbonyl (C=O) groups excluding carboxylic acids is 1. The largest absolute Gasteiger partial charge is 0.538 e. The van der Waals surface area contributed by atoms with Gasteiger partial charge in [-0.1, -0.05) is 0 Å². The van der Waals surface area contributed by atoms with Crippen molar-refractivity contribution in [3.05, 3.63) is 12.1 Å². The van der Waals surface area contributed by atoms with Gasteiger partial charge < -0.3 is 29.5 Å². The molecule has 0 bridgehead atoms. The molecule has 1 aromatic heterocycles. The number of fused-ring (bicyclic) bond motifs is 1. The number of rotatable bonds is 2. The Balaban J connectivity index is 1.70. The summed E-state index contributed by atoms with van der Waals surface area (Å²) in [5.41, 5.74) is 0. The molecule has 3 rings (SSSR count). The van der Waals surface area contributed by atoms with Crippen molar-refractivity contribution < 1.29 is 39.2 Å². The number of carbonyl (C=O) groups is 1. The van der Waals surface area contributed by atoms with Crippen LogP contribution in [0.2, 0.25) is 0 Å². The molecule has 0 radical (unpaired) electrons.